The van der Waals surface area contributed by atoms with Gasteiger partial charge in [0.05, 0.1) is 19.8 Å². The Hall–Kier alpha value is -0.650. The van der Waals surface area contributed by atoms with E-state index in [1.54, 1.807) is 0 Å². The van der Waals surface area contributed by atoms with Crippen LogP contribution in [0.1, 0.15) is 45.4 Å². The number of rotatable bonds is 12. The normalized spacial score (nSPS) is 12.4. The molecule has 0 aromatic carbocycles. The highest BCUT2D eigenvalue weighted by Gasteiger charge is 2.04. The van der Waals surface area contributed by atoms with Crippen molar-refractivity contribution in [3.05, 3.63) is 0 Å². The molecule has 108 valence electrons. The molecule has 0 radical (unpaired) electrons. The van der Waals surface area contributed by atoms with Gasteiger partial charge in [-0.1, -0.05) is 32.6 Å². The van der Waals surface area contributed by atoms with Crippen molar-refractivity contribution in [3.63, 3.8) is 0 Å². The monoisotopic (exact) mass is 262 g/mol. The first kappa shape index (κ1) is 17.4. The molecule has 0 amide bonds. The van der Waals surface area contributed by atoms with E-state index in [0.717, 1.165) is 12.8 Å². The molecule has 0 bridgehead atoms. The Morgan fingerprint density at radius 3 is 2.56 bits per heavy atom. The zero-order valence-electron chi connectivity index (χ0n) is 11.3. The van der Waals surface area contributed by atoms with Crippen LogP contribution in [0.2, 0.25) is 0 Å². The third-order valence-corrected chi connectivity index (χ3v) is 2.50. The van der Waals surface area contributed by atoms with E-state index in [9.17, 15) is 4.79 Å². The fraction of sp³-hybridized carbons (Fsp3) is 0.923. The first-order valence-electron chi connectivity index (χ1n) is 6.73. The van der Waals surface area contributed by atoms with Crippen LogP contribution in [0.5, 0.6) is 0 Å². The summed E-state index contributed by atoms with van der Waals surface area (Å²) in [6.07, 6.45) is 5.14. The number of aliphatic hydroxyl groups is 2. The van der Waals surface area contributed by atoms with Gasteiger partial charge in [0.2, 0.25) is 0 Å². The molecule has 5 heteroatoms. The molecular weight excluding hydrogens is 236 g/mol. The lowest BCUT2D eigenvalue weighted by Crippen LogP contribution is -2.21. The van der Waals surface area contributed by atoms with Crippen molar-refractivity contribution in [3.8, 4) is 0 Å². The van der Waals surface area contributed by atoms with Gasteiger partial charge in [0, 0.05) is 6.42 Å². The molecule has 0 heterocycles. The number of hydrogen-bond acceptors (Lipinski definition) is 5. The van der Waals surface area contributed by atoms with E-state index in [0.29, 0.717) is 6.42 Å². The van der Waals surface area contributed by atoms with E-state index >= 15 is 0 Å². The van der Waals surface area contributed by atoms with Gasteiger partial charge in [-0.25, -0.2) is 0 Å². The highest BCUT2D eigenvalue weighted by Crippen LogP contribution is 2.05. The molecule has 0 aliphatic rings. The second kappa shape index (κ2) is 12.8. The largest absolute Gasteiger partial charge is 0.463 e. The lowest BCUT2D eigenvalue weighted by molar-refractivity contribution is -0.145. The van der Waals surface area contributed by atoms with Crippen LogP contribution in [0.3, 0.4) is 0 Å². The molecule has 0 saturated carbocycles. The van der Waals surface area contributed by atoms with Crippen LogP contribution in [0.25, 0.3) is 0 Å². The fourth-order valence-electron chi connectivity index (χ4n) is 1.43. The number of ether oxygens (including phenoxy) is 2. The van der Waals surface area contributed by atoms with Gasteiger partial charge < -0.3 is 19.7 Å². The summed E-state index contributed by atoms with van der Waals surface area (Å²) in [5, 5.41) is 17.5. The van der Waals surface area contributed by atoms with Crippen molar-refractivity contribution in [1.29, 1.82) is 0 Å². The third-order valence-electron chi connectivity index (χ3n) is 2.50. The van der Waals surface area contributed by atoms with Gasteiger partial charge in [0.15, 0.2) is 0 Å². The fourth-order valence-corrected chi connectivity index (χ4v) is 1.43. The SMILES string of the molecule is CCCCCCCC(=O)OCCOCC(O)CO. The summed E-state index contributed by atoms with van der Waals surface area (Å²) < 4.78 is 9.96. The summed E-state index contributed by atoms with van der Waals surface area (Å²) in [4.78, 5) is 11.3. The van der Waals surface area contributed by atoms with Crippen LogP contribution in [-0.4, -0.2) is 48.7 Å². The molecule has 1 atom stereocenters. The maximum absolute atomic E-state index is 11.3. The van der Waals surface area contributed by atoms with Crippen molar-refractivity contribution in [2.75, 3.05) is 26.4 Å². The quantitative estimate of drug-likeness (QED) is 0.409. The number of hydrogen-bond donors (Lipinski definition) is 2. The van der Waals surface area contributed by atoms with Crippen molar-refractivity contribution in [2.24, 2.45) is 0 Å². The highest BCUT2D eigenvalue weighted by molar-refractivity contribution is 5.69. The second-order valence-corrected chi connectivity index (χ2v) is 4.30. The van der Waals surface area contributed by atoms with E-state index < -0.39 is 6.10 Å². The molecule has 2 N–H and O–H groups in total. The predicted molar refractivity (Wildman–Crippen MR) is 68.2 cm³/mol. The number of esters is 1. The van der Waals surface area contributed by atoms with Crippen molar-refractivity contribution in [1.82, 2.24) is 0 Å². The van der Waals surface area contributed by atoms with Crippen LogP contribution in [0.4, 0.5) is 0 Å². The van der Waals surface area contributed by atoms with Gasteiger partial charge in [-0.15, -0.1) is 0 Å². The molecule has 5 nitrogen and oxygen atoms in total. The Morgan fingerprint density at radius 1 is 1.17 bits per heavy atom. The van der Waals surface area contributed by atoms with Gasteiger partial charge in [0.25, 0.3) is 0 Å². The molecule has 0 aromatic heterocycles. The minimum Gasteiger partial charge on any atom is -0.463 e. The Balaban J connectivity index is 3.22. The van der Waals surface area contributed by atoms with Gasteiger partial charge in [-0.3, -0.25) is 4.79 Å². The number of aliphatic hydroxyl groups excluding tert-OH is 2. The maximum atomic E-state index is 11.3. The first-order chi connectivity index (χ1) is 8.70. The van der Waals surface area contributed by atoms with Gasteiger partial charge in [-0.2, -0.15) is 0 Å². The highest BCUT2D eigenvalue weighted by atomic mass is 16.6. The summed E-state index contributed by atoms with van der Waals surface area (Å²) in [5.41, 5.74) is 0. The summed E-state index contributed by atoms with van der Waals surface area (Å²) in [6.45, 7) is 2.34. The maximum Gasteiger partial charge on any atom is 0.305 e. The Bertz CT molecular complexity index is 196. The lowest BCUT2D eigenvalue weighted by atomic mass is 10.1. The molecular formula is C13H26O5. The number of carbonyl (C=O) groups excluding carboxylic acids is 1. The van der Waals surface area contributed by atoms with E-state index in [1.807, 2.05) is 0 Å². The summed E-state index contributed by atoms with van der Waals surface area (Å²) in [7, 11) is 0. The van der Waals surface area contributed by atoms with Crippen molar-refractivity contribution in [2.45, 2.75) is 51.6 Å². The minimum absolute atomic E-state index is 0.0606. The van der Waals surface area contributed by atoms with Crippen molar-refractivity contribution >= 4 is 5.97 Å². The number of carbonyl (C=O) groups is 1. The molecule has 0 fully saturated rings. The molecule has 1 unspecified atom stereocenters. The molecule has 0 rings (SSSR count). The number of unbranched alkanes of at least 4 members (excludes halogenated alkanes) is 4. The molecule has 0 aromatic rings. The standard InChI is InChI=1S/C13H26O5/c1-2-3-4-5-6-7-13(16)18-9-8-17-11-12(15)10-14/h12,14-15H,2-11H2,1H3. The van der Waals surface area contributed by atoms with Crippen LogP contribution >= 0.6 is 0 Å². The van der Waals surface area contributed by atoms with E-state index in [4.69, 9.17) is 19.7 Å². The smallest absolute Gasteiger partial charge is 0.305 e. The average Bonchev–Trinajstić information content (AvgIpc) is 2.37. The van der Waals surface area contributed by atoms with Crippen LogP contribution < -0.4 is 0 Å². The Labute approximate surface area is 109 Å². The predicted octanol–water partition coefficient (Wildman–Crippen LogP) is 1.26. The zero-order valence-corrected chi connectivity index (χ0v) is 11.3. The molecule has 0 saturated heterocycles. The zero-order chi connectivity index (χ0) is 13.6. The topological polar surface area (TPSA) is 76.0 Å². The average molecular weight is 262 g/mol. The van der Waals surface area contributed by atoms with Crippen LogP contribution in [-0.2, 0) is 14.3 Å². The minimum atomic E-state index is -0.862. The Morgan fingerprint density at radius 2 is 1.89 bits per heavy atom. The first-order valence-corrected chi connectivity index (χ1v) is 6.73. The van der Waals surface area contributed by atoms with E-state index in [1.165, 1.54) is 19.3 Å². The van der Waals surface area contributed by atoms with Crippen LogP contribution in [0, 0.1) is 0 Å². The van der Waals surface area contributed by atoms with Gasteiger partial charge in [0.1, 0.15) is 12.7 Å². The molecule has 18 heavy (non-hydrogen) atoms. The molecule has 0 aliphatic carbocycles. The van der Waals surface area contributed by atoms with Crippen LogP contribution in [0.15, 0.2) is 0 Å². The lowest BCUT2D eigenvalue weighted by Gasteiger charge is -2.08. The summed E-state index contributed by atoms with van der Waals surface area (Å²) in [6, 6.07) is 0. The van der Waals surface area contributed by atoms with E-state index in [2.05, 4.69) is 6.92 Å². The molecule has 0 aliphatic heterocycles. The van der Waals surface area contributed by atoms with E-state index in [-0.39, 0.29) is 32.4 Å². The summed E-state index contributed by atoms with van der Waals surface area (Å²) in [5.74, 6) is -0.196. The van der Waals surface area contributed by atoms with Gasteiger partial charge >= 0.3 is 5.97 Å². The summed E-state index contributed by atoms with van der Waals surface area (Å²) >= 11 is 0. The van der Waals surface area contributed by atoms with Gasteiger partial charge in [-0.05, 0) is 6.42 Å². The Kier molecular flexibility index (Phi) is 12.3. The van der Waals surface area contributed by atoms with Crippen molar-refractivity contribution < 1.29 is 24.5 Å². The second-order valence-electron chi connectivity index (χ2n) is 4.30. The molecule has 0 spiro atoms. The third kappa shape index (κ3) is 11.8.